The van der Waals surface area contributed by atoms with Crippen molar-refractivity contribution in [3.63, 3.8) is 0 Å². The van der Waals surface area contributed by atoms with Gasteiger partial charge in [-0.05, 0) is 62.0 Å². The SMILES string of the molecule is Cn1cc(C(=O)NCC23CCC(CC2)CC3)c2c(Cl)cc(F)cc21. The van der Waals surface area contributed by atoms with Crippen molar-refractivity contribution in [3.05, 3.63) is 34.7 Å². The standard InChI is InChI=1S/C19H22ClFN2O/c1-23-10-14(17-15(20)8-13(21)9-16(17)23)18(24)22-11-19-5-2-12(3-6-19)4-7-19/h8-10,12H,2-7,11H2,1H3,(H,22,24). The van der Waals surface area contributed by atoms with E-state index in [0.717, 1.165) is 12.5 Å². The Labute approximate surface area is 146 Å². The molecule has 3 aliphatic rings. The maximum absolute atomic E-state index is 13.6. The first-order valence-electron chi connectivity index (χ1n) is 8.70. The number of hydrogen-bond acceptors (Lipinski definition) is 1. The van der Waals surface area contributed by atoms with E-state index in [1.54, 1.807) is 17.8 Å². The summed E-state index contributed by atoms with van der Waals surface area (Å²) in [6.07, 6.45) is 9.30. The van der Waals surface area contributed by atoms with Crippen molar-refractivity contribution in [1.29, 1.82) is 0 Å². The first-order chi connectivity index (χ1) is 11.5. The summed E-state index contributed by atoms with van der Waals surface area (Å²) in [6, 6.07) is 2.68. The number of nitrogens with one attached hydrogen (secondary N) is 1. The highest BCUT2D eigenvalue weighted by atomic mass is 35.5. The average Bonchev–Trinajstić information content (AvgIpc) is 2.92. The minimum atomic E-state index is -0.390. The smallest absolute Gasteiger partial charge is 0.253 e. The highest BCUT2D eigenvalue weighted by Gasteiger charge is 2.40. The van der Waals surface area contributed by atoms with Crippen molar-refractivity contribution < 1.29 is 9.18 Å². The zero-order valence-electron chi connectivity index (χ0n) is 13.9. The molecule has 0 atom stereocenters. The van der Waals surface area contributed by atoms with Gasteiger partial charge in [0.1, 0.15) is 5.82 Å². The van der Waals surface area contributed by atoms with Crippen molar-refractivity contribution >= 4 is 28.4 Å². The molecule has 1 N–H and O–H groups in total. The summed E-state index contributed by atoms with van der Waals surface area (Å²) >= 11 is 6.20. The number of fused-ring (bicyclic) bond motifs is 4. The monoisotopic (exact) mass is 348 g/mol. The Morgan fingerprint density at radius 3 is 2.67 bits per heavy atom. The van der Waals surface area contributed by atoms with Gasteiger partial charge in [-0.3, -0.25) is 4.79 Å². The minimum absolute atomic E-state index is 0.115. The van der Waals surface area contributed by atoms with Crippen LogP contribution in [0.15, 0.2) is 18.3 Å². The lowest BCUT2D eigenvalue weighted by atomic mass is 9.61. The number of nitrogens with zero attached hydrogens (tertiary/aromatic N) is 1. The lowest BCUT2D eigenvalue weighted by molar-refractivity contribution is 0.0598. The summed E-state index contributed by atoms with van der Waals surface area (Å²) < 4.78 is 15.3. The predicted molar refractivity (Wildman–Crippen MR) is 93.8 cm³/mol. The molecule has 0 radical (unpaired) electrons. The molecule has 1 aromatic carbocycles. The van der Waals surface area contributed by atoms with E-state index in [1.807, 2.05) is 0 Å². The number of hydrogen-bond donors (Lipinski definition) is 1. The lowest BCUT2D eigenvalue weighted by Crippen LogP contribution is -2.43. The minimum Gasteiger partial charge on any atom is -0.351 e. The average molecular weight is 349 g/mol. The fourth-order valence-corrected chi connectivity index (χ4v) is 4.87. The van der Waals surface area contributed by atoms with Gasteiger partial charge in [0.15, 0.2) is 0 Å². The van der Waals surface area contributed by atoms with E-state index >= 15 is 0 Å². The van der Waals surface area contributed by atoms with Crippen molar-refractivity contribution in [2.75, 3.05) is 6.54 Å². The first kappa shape index (κ1) is 15.9. The molecule has 3 aliphatic carbocycles. The van der Waals surface area contributed by atoms with Gasteiger partial charge in [0.05, 0.1) is 16.1 Å². The van der Waals surface area contributed by atoms with Crippen LogP contribution in [0.5, 0.6) is 0 Å². The van der Waals surface area contributed by atoms with Gasteiger partial charge >= 0.3 is 0 Å². The Bertz CT molecular complexity index is 792. The molecule has 3 fully saturated rings. The number of rotatable bonds is 3. The molecule has 5 rings (SSSR count). The van der Waals surface area contributed by atoms with Crippen LogP contribution < -0.4 is 5.32 Å². The largest absolute Gasteiger partial charge is 0.351 e. The molecule has 3 nitrogen and oxygen atoms in total. The molecular formula is C19H22ClFN2O. The predicted octanol–water partition coefficient (Wildman–Crippen LogP) is 4.67. The number of carbonyl (C=O) groups excluding carboxylic acids is 1. The number of carbonyl (C=O) groups is 1. The maximum atomic E-state index is 13.6. The molecule has 0 saturated heterocycles. The molecule has 1 aromatic heterocycles. The van der Waals surface area contributed by atoms with Crippen LogP contribution in [0, 0.1) is 17.2 Å². The summed E-state index contributed by atoms with van der Waals surface area (Å²) in [5.41, 5.74) is 1.45. The van der Waals surface area contributed by atoms with Crippen molar-refractivity contribution in [3.8, 4) is 0 Å². The highest BCUT2D eigenvalue weighted by Crippen LogP contribution is 2.49. The molecule has 1 amide bonds. The second-order valence-electron chi connectivity index (χ2n) is 7.60. The Balaban J connectivity index is 1.58. The van der Waals surface area contributed by atoms with E-state index in [0.29, 0.717) is 16.5 Å². The molecule has 0 spiro atoms. The van der Waals surface area contributed by atoms with Crippen LogP contribution in [0.3, 0.4) is 0 Å². The molecule has 2 aromatic rings. The highest BCUT2D eigenvalue weighted by molar-refractivity contribution is 6.36. The summed E-state index contributed by atoms with van der Waals surface area (Å²) in [5.74, 6) is 0.407. The van der Waals surface area contributed by atoms with Gasteiger partial charge < -0.3 is 9.88 Å². The van der Waals surface area contributed by atoms with Gasteiger partial charge in [0, 0.05) is 25.2 Å². The second kappa shape index (κ2) is 5.76. The summed E-state index contributed by atoms with van der Waals surface area (Å²) in [4.78, 5) is 12.7. The molecule has 2 bridgehead atoms. The van der Waals surface area contributed by atoms with E-state index in [1.165, 1.54) is 50.7 Å². The zero-order valence-corrected chi connectivity index (χ0v) is 14.6. The van der Waals surface area contributed by atoms with Crippen LogP contribution in [-0.4, -0.2) is 17.0 Å². The van der Waals surface area contributed by atoms with E-state index in [-0.39, 0.29) is 16.3 Å². The van der Waals surface area contributed by atoms with Crippen molar-refractivity contribution in [2.45, 2.75) is 38.5 Å². The van der Waals surface area contributed by atoms with Gasteiger partial charge in [0.2, 0.25) is 0 Å². The maximum Gasteiger partial charge on any atom is 0.253 e. The third kappa shape index (κ3) is 2.61. The van der Waals surface area contributed by atoms with Gasteiger partial charge in [-0.1, -0.05) is 11.6 Å². The molecule has 0 unspecified atom stereocenters. The van der Waals surface area contributed by atoms with Gasteiger partial charge in [-0.2, -0.15) is 0 Å². The third-order valence-corrected chi connectivity index (χ3v) is 6.42. The van der Waals surface area contributed by atoms with Crippen LogP contribution >= 0.6 is 11.6 Å². The van der Waals surface area contributed by atoms with E-state index in [9.17, 15) is 9.18 Å². The van der Waals surface area contributed by atoms with Crippen molar-refractivity contribution in [1.82, 2.24) is 9.88 Å². The van der Waals surface area contributed by atoms with Crippen LogP contribution in [0.25, 0.3) is 10.9 Å². The van der Waals surface area contributed by atoms with E-state index in [2.05, 4.69) is 5.32 Å². The van der Waals surface area contributed by atoms with Crippen molar-refractivity contribution in [2.24, 2.45) is 18.4 Å². The summed E-state index contributed by atoms with van der Waals surface area (Å²) in [6.45, 7) is 0.730. The Morgan fingerprint density at radius 1 is 1.33 bits per heavy atom. The number of aromatic nitrogens is 1. The molecule has 24 heavy (non-hydrogen) atoms. The fourth-order valence-electron chi connectivity index (χ4n) is 4.57. The Hall–Kier alpha value is -1.55. The second-order valence-corrected chi connectivity index (χ2v) is 8.01. The van der Waals surface area contributed by atoms with Crippen LogP contribution in [0.2, 0.25) is 5.02 Å². The number of aryl methyl sites for hydroxylation is 1. The molecule has 1 heterocycles. The Morgan fingerprint density at radius 2 is 2.00 bits per heavy atom. The summed E-state index contributed by atoms with van der Waals surface area (Å²) in [5, 5.41) is 4.04. The molecule has 128 valence electrons. The lowest BCUT2D eigenvalue weighted by Gasteiger charge is -2.46. The molecule has 0 aliphatic heterocycles. The number of halogens is 2. The number of benzene rings is 1. The van der Waals surface area contributed by atoms with Crippen LogP contribution in [0.4, 0.5) is 4.39 Å². The number of amides is 1. The fraction of sp³-hybridized carbons (Fsp3) is 0.526. The van der Waals surface area contributed by atoms with Gasteiger partial charge in [0.25, 0.3) is 5.91 Å². The summed E-state index contributed by atoms with van der Waals surface area (Å²) in [7, 11) is 1.80. The quantitative estimate of drug-likeness (QED) is 0.859. The molecule has 5 heteroatoms. The molecule has 3 saturated carbocycles. The van der Waals surface area contributed by atoms with Crippen LogP contribution in [0.1, 0.15) is 48.9 Å². The van der Waals surface area contributed by atoms with Gasteiger partial charge in [-0.25, -0.2) is 4.39 Å². The molecular weight excluding hydrogens is 327 g/mol. The van der Waals surface area contributed by atoms with E-state index in [4.69, 9.17) is 11.6 Å². The normalized spacial score (nSPS) is 26.0. The first-order valence-corrected chi connectivity index (χ1v) is 9.07. The zero-order chi connectivity index (χ0) is 16.9. The third-order valence-electron chi connectivity index (χ3n) is 6.12. The van der Waals surface area contributed by atoms with Crippen LogP contribution in [-0.2, 0) is 7.05 Å². The van der Waals surface area contributed by atoms with E-state index < -0.39 is 5.82 Å². The van der Waals surface area contributed by atoms with Gasteiger partial charge in [-0.15, -0.1) is 0 Å². The topological polar surface area (TPSA) is 34.0 Å². The Kier molecular flexibility index (Phi) is 3.83.